The first-order valence-corrected chi connectivity index (χ1v) is 8.62. The largest absolute Gasteiger partial charge is 0.342 e. The molecule has 1 heterocycles. The summed E-state index contributed by atoms with van der Waals surface area (Å²) in [7, 11) is 0. The highest BCUT2D eigenvalue weighted by Crippen LogP contribution is 2.37. The number of hydrogen-bond donors (Lipinski definition) is 1. The number of amides is 1. The number of benzene rings is 1. The molecule has 2 aliphatic rings. The molecule has 4 atom stereocenters. The van der Waals surface area contributed by atoms with Crippen LogP contribution in [0, 0.1) is 11.8 Å². The second kappa shape index (κ2) is 7.33. The lowest BCUT2D eigenvalue weighted by Crippen LogP contribution is -2.33. The fraction of sp³-hybridized carbons (Fsp3) is 0.588. The lowest BCUT2D eigenvalue weighted by Gasteiger charge is -2.21. The average molecular weight is 388 g/mol. The number of carbonyl (C=O) groups is 1. The fourth-order valence-electron chi connectivity index (χ4n) is 3.81. The summed E-state index contributed by atoms with van der Waals surface area (Å²) in [6.07, 6.45) is 2.92. The summed E-state index contributed by atoms with van der Waals surface area (Å²) in [6, 6.07) is 8.56. The quantitative estimate of drug-likeness (QED) is 0.862. The molecule has 2 N–H and O–H groups in total. The number of hydrogen-bond acceptors (Lipinski definition) is 2. The molecule has 1 saturated heterocycles. The van der Waals surface area contributed by atoms with E-state index in [1.54, 1.807) is 0 Å². The van der Waals surface area contributed by atoms with Crippen LogP contribution in [0.1, 0.15) is 37.7 Å². The summed E-state index contributed by atoms with van der Waals surface area (Å²) < 4.78 is 1.08. The smallest absolute Gasteiger partial charge is 0.223 e. The average Bonchev–Trinajstić information content (AvgIpc) is 3.02. The Balaban J connectivity index is 0.00000176. The Morgan fingerprint density at radius 1 is 1.32 bits per heavy atom. The molecule has 0 radical (unpaired) electrons. The minimum absolute atomic E-state index is 0. The second-order valence-electron chi connectivity index (χ2n) is 6.62. The van der Waals surface area contributed by atoms with Crippen molar-refractivity contribution in [3.05, 3.63) is 34.3 Å². The van der Waals surface area contributed by atoms with Gasteiger partial charge in [0.05, 0.1) is 0 Å². The zero-order chi connectivity index (χ0) is 15.0. The van der Waals surface area contributed by atoms with Crippen LogP contribution in [-0.2, 0) is 4.79 Å². The van der Waals surface area contributed by atoms with E-state index in [-0.39, 0.29) is 24.2 Å². The van der Waals surface area contributed by atoms with Crippen molar-refractivity contribution < 1.29 is 4.79 Å². The van der Waals surface area contributed by atoms with Crippen LogP contribution in [-0.4, -0.2) is 29.9 Å². The number of nitrogens with zero attached hydrogens (tertiary/aromatic N) is 1. The van der Waals surface area contributed by atoms with E-state index in [0.29, 0.717) is 24.3 Å². The molecular weight excluding hydrogens is 364 g/mol. The maximum atomic E-state index is 12.5. The van der Waals surface area contributed by atoms with Crippen LogP contribution in [0.4, 0.5) is 0 Å². The van der Waals surface area contributed by atoms with Crippen molar-refractivity contribution in [2.24, 2.45) is 17.6 Å². The molecular formula is C17H24BrClN2O. The highest BCUT2D eigenvalue weighted by atomic mass is 79.9. The standard InChI is InChI=1S/C17H23BrN2O.ClH/c1-11(12-2-5-14(18)6-3-12)8-17(21)20-9-13-4-7-16(19)15(13)10-20;/h2-3,5-6,11,13,15-16H,4,7-10,19H2,1H3;1H. The van der Waals surface area contributed by atoms with Crippen LogP contribution in [0.3, 0.4) is 0 Å². The predicted molar refractivity (Wildman–Crippen MR) is 95.2 cm³/mol. The third-order valence-electron chi connectivity index (χ3n) is 5.18. The van der Waals surface area contributed by atoms with E-state index in [1.165, 1.54) is 12.0 Å². The van der Waals surface area contributed by atoms with Crippen molar-refractivity contribution in [1.29, 1.82) is 0 Å². The van der Waals surface area contributed by atoms with Gasteiger partial charge in [0.1, 0.15) is 0 Å². The Hall–Kier alpha value is -0.580. The van der Waals surface area contributed by atoms with E-state index >= 15 is 0 Å². The normalized spacial score (nSPS) is 28.1. The molecule has 1 aliphatic heterocycles. The monoisotopic (exact) mass is 386 g/mol. The molecule has 1 amide bonds. The van der Waals surface area contributed by atoms with Gasteiger partial charge in [-0.05, 0) is 48.3 Å². The number of likely N-dealkylation sites (tertiary alicyclic amines) is 1. The molecule has 2 fully saturated rings. The Morgan fingerprint density at radius 3 is 2.64 bits per heavy atom. The van der Waals surface area contributed by atoms with Gasteiger partial charge in [0.15, 0.2) is 0 Å². The molecule has 1 aliphatic carbocycles. The van der Waals surface area contributed by atoms with Crippen molar-refractivity contribution in [2.75, 3.05) is 13.1 Å². The first-order chi connectivity index (χ1) is 10.0. The van der Waals surface area contributed by atoms with Crippen LogP contribution < -0.4 is 5.73 Å². The van der Waals surface area contributed by atoms with Gasteiger partial charge in [0, 0.05) is 30.0 Å². The zero-order valence-corrected chi connectivity index (χ0v) is 15.3. The number of nitrogens with two attached hydrogens (primary N) is 1. The van der Waals surface area contributed by atoms with Gasteiger partial charge in [-0.15, -0.1) is 12.4 Å². The van der Waals surface area contributed by atoms with Crippen molar-refractivity contribution in [3.8, 4) is 0 Å². The minimum atomic E-state index is 0. The Morgan fingerprint density at radius 2 is 2.00 bits per heavy atom. The van der Waals surface area contributed by atoms with E-state index < -0.39 is 0 Å². The van der Waals surface area contributed by atoms with Gasteiger partial charge in [0.25, 0.3) is 0 Å². The molecule has 5 heteroatoms. The van der Waals surface area contributed by atoms with E-state index in [0.717, 1.165) is 24.0 Å². The van der Waals surface area contributed by atoms with Gasteiger partial charge < -0.3 is 10.6 Å². The summed E-state index contributed by atoms with van der Waals surface area (Å²) >= 11 is 3.45. The van der Waals surface area contributed by atoms with Gasteiger partial charge in [-0.3, -0.25) is 4.79 Å². The molecule has 122 valence electrons. The molecule has 0 spiro atoms. The maximum absolute atomic E-state index is 12.5. The van der Waals surface area contributed by atoms with Crippen LogP contribution in [0.25, 0.3) is 0 Å². The summed E-state index contributed by atoms with van der Waals surface area (Å²) in [5.74, 6) is 1.73. The highest BCUT2D eigenvalue weighted by Gasteiger charge is 2.42. The Bertz CT molecular complexity index is 522. The lowest BCUT2D eigenvalue weighted by atomic mass is 9.97. The maximum Gasteiger partial charge on any atom is 0.223 e. The molecule has 0 bridgehead atoms. The second-order valence-corrected chi connectivity index (χ2v) is 7.54. The molecule has 1 saturated carbocycles. The third kappa shape index (κ3) is 3.66. The summed E-state index contributed by atoms with van der Waals surface area (Å²) in [5.41, 5.74) is 7.37. The van der Waals surface area contributed by atoms with E-state index in [4.69, 9.17) is 5.73 Å². The lowest BCUT2D eigenvalue weighted by molar-refractivity contribution is -0.130. The van der Waals surface area contributed by atoms with Crippen molar-refractivity contribution in [1.82, 2.24) is 4.90 Å². The van der Waals surface area contributed by atoms with E-state index in [2.05, 4.69) is 35.0 Å². The number of carbonyl (C=O) groups excluding carboxylic acids is 1. The number of fused-ring (bicyclic) bond motifs is 1. The Kier molecular flexibility index (Phi) is 5.92. The van der Waals surface area contributed by atoms with Gasteiger partial charge in [0.2, 0.25) is 5.91 Å². The van der Waals surface area contributed by atoms with Crippen LogP contribution in [0.2, 0.25) is 0 Å². The number of halogens is 2. The Labute approximate surface area is 147 Å². The molecule has 0 aromatic heterocycles. The van der Waals surface area contributed by atoms with Gasteiger partial charge in [-0.25, -0.2) is 0 Å². The summed E-state index contributed by atoms with van der Waals surface area (Å²) in [4.78, 5) is 14.6. The molecule has 1 aromatic carbocycles. The molecule has 4 unspecified atom stereocenters. The SMILES string of the molecule is CC(CC(=O)N1CC2CCC(N)C2C1)c1ccc(Br)cc1.Cl. The van der Waals surface area contributed by atoms with Crippen LogP contribution >= 0.6 is 28.3 Å². The van der Waals surface area contributed by atoms with Crippen molar-refractivity contribution in [2.45, 2.75) is 38.1 Å². The van der Waals surface area contributed by atoms with E-state index in [1.807, 2.05) is 17.0 Å². The van der Waals surface area contributed by atoms with Crippen LogP contribution in [0.15, 0.2) is 28.7 Å². The molecule has 22 heavy (non-hydrogen) atoms. The molecule has 1 aromatic rings. The first kappa shape index (κ1) is 17.8. The zero-order valence-electron chi connectivity index (χ0n) is 12.9. The summed E-state index contributed by atoms with van der Waals surface area (Å²) in [5, 5.41) is 0. The van der Waals surface area contributed by atoms with Crippen molar-refractivity contribution in [3.63, 3.8) is 0 Å². The third-order valence-corrected chi connectivity index (χ3v) is 5.71. The van der Waals surface area contributed by atoms with E-state index in [9.17, 15) is 4.79 Å². The van der Waals surface area contributed by atoms with Gasteiger partial charge in [-0.1, -0.05) is 35.0 Å². The van der Waals surface area contributed by atoms with Crippen LogP contribution in [0.5, 0.6) is 0 Å². The predicted octanol–water partition coefficient (Wildman–Crippen LogP) is 3.56. The topological polar surface area (TPSA) is 46.3 Å². The van der Waals surface area contributed by atoms with Crippen molar-refractivity contribution >= 4 is 34.2 Å². The fourth-order valence-corrected chi connectivity index (χ4v) is 4.08. The molecule has 3 nitrogen and oxygen atoms in total. The molecule has 3 rings (SSSR count). The number of rotatable bonds is 3. The van der Waals surface area contributed by atoms with Gasteiger partial charge >= 0.3 is 0 Å². The van der Waals surface area contributed by atoms with Gasteiger partial charge in [-0.2, -0.15) is 0 Å². The minimum Gasteiger partial charge on any atom is -0.342 e. The summed E-state index contributed by atoms with van der Waals surface area (Å²) in [6.45, 7) is 3.92. The highest BCUT2D eigenvalue weighted by molar-refractivity contribution is 9.10. The first-order valence-electron chi connectivity index (χ1n) is 7.83.